The molecule has 1 spiro atoms. The van der Waals surface area contributed by atoms with Crippen LogP contribution in [-0.4, -0.2) is 24.2 Å². The molecule has 1 saturated heterocycles. The third kappa shape index (κ3) is 2.47. The molecule has 0 aromatic heterocycles. The lowest BCUT2D eigenvalue weighted by atomic mass is 9.77. The van der Waals surface area contributed by atoms with Crippen molar-refractivity contribution in [2.75, 3.05) is 18.0 Å². The summed E-state index contributed by atoms with van der Waals surface area (Å²) in [5.74, 6) is -1.32. The van der Waals surface area contributed by atoms with Crippen molar-refractivity contribution in [1.82, 2.24) is 0 Å². The SMILES string of the molecule is O=C(O)c1cc(C(F)(F)F)ccc1N1CC2(CCCC2)C1. The summed E-state index contributed by atoms with van der Waals surface area (Å²) in [6.45, 7) is 1.50. The molecule has 1 aromatic carbocycles. The summed E-state index contributed by atoms with van der Waals surface area (Å²) < 4.78 is 38.1. The van der Waals surface area contributed by atoms with Gasteiger partial charge < -0.3 is 10.0 Å². The van der Waals surface area contributed by atoms with Crippen LogP contribution in [0.15, 0.2) is 18.2 Å². The fourth-order valence-electron chi connectivity index (χ4n) is 3.53. The van der Waals surface area contributed by atoms with E-state index in [-0.39, 0.29) is 11.0 Å². The van der Waals surface area contributed by atoms with E-state index >= 15 is 0 Å². The number of carbonyl (C=O) groups is 1. The van der Waals surface area contributed by atoms with E-state index < -0.39 is 17.7 Å². The van der Waals surface area contributed by atoms with E-state index in [9.17, 15) is 23.1 Å². The highest BCUT2D eigenvalue weighted by molar-refractivity contribution is 5.95. The molecule has 2 fully saturated rings. The normalized spacial score (nSPS) is 20.6. The summed E-state index contributed by atoms with van der Waals surface area (Å²) in [6, 6.07) is 2.98. The van der Waals surface area contributed by atoms with Gasteiger partial charge in [0.15, 0.2) is 0 Å². The fraction of sp³-hybridized carbons (Fsp3) is 0.533. The maximum atomic E-state index is 12.7. The number of benzene rings is 1. The molecule has 0 radical (unpaired) electrons. The van der Waals surface area contributed by atoms with Crippen molar-refractivity contribution in [1.29, 1.82) is 0 Å². The van der Waals surface area contributed by atoms with Crippen LogP contribution < -0.4 is 4.90 Å². The first-order valence-electron chi connectivity index (χ1n) is 7.00. The van der Waals surface area contributed by atoms with E-state index in [0.717, 1.165) is 38.1 Å². The maximum Gasteiger partial charge on any atom is 0.416 e. The van der Waals surface area contributed by atoms with Gasteiger partial charge in [0.2, 0.25) is 0 Å². The monoisotopic (exact) mass is 299 g/mol. The van der Waals surface area contributed by atoms with Crippen molar-refractivity contribution in [3.8, 4) is 0 Å². The van der Waals surface area contributed by atoms with Gasteiger partial charge >= 0.3 is 12.1 Å². The lowest BCUT2D eigenvalue weighted by Crippen LogP contribution is -2.55. The molecule has 0 amide bonds. The second-order valence-corrected chi connectivity index (χ2v) is 6.10. The van der Waals surface area contributed by atoms with Gasteiger partial charge in [-0.05, 0) is 31.0 Å². The van der Waals surface area contributed by atoms with Crippen molar-refractivity contribution in [2.45, 2.75) is 31.9 Å². The van der Waals surface area contributed by atoms with Crippen LogP contribution >= 0.6 is 0 Å². The summed E-state index contributed by atoms with van der Waals surface area (Å²) in [5.41, 5.74) is -0.524. The smallest absolute Gasteiger partial charge is 0.416 e. The minimum Gasteiger partial charge on any atom is -0.478 e. The van der Waals surface area contributed by atoms with Crippen LogP contribution in [0.2, 0.25) is 0 Å². The van der Waals surface area contributed by atoms with Crippen molar-refractivity contribution in [3.05, 3.63) is 29.3 Å². The van der Waals surface area contributed by atoms with Gasteiger partial charge in [-0.25, -0.2) is 4.79 Å². The zero-order valence-corrected chi connectivity index (χ0v) is 11.4. The van der Waals surface area contributed by atoms with Crippen molar-refractivity contribution >= 4 is 11.7 Å². The van der Waals surface area contributed by atoms with Crippen LogP contribution in [0.3, 0.4) is 0 Å². The zero-order chi connectivity index (χ0) is 15.3. The highest BCUT2D eigenvalue weighted by atomic mass is 19.4. The van der Waals surface area contributed by atoms with Crippen LogP contribution in [-0.2, 0) is 6.18 Å². The summed E-state index contributed by atoms with van der Waals surface area (Å²) in [6.07, 6.45) is 0.114. The van der Waals surface area contributed by atoms with E-state index in [0.29, 0.717) is 5.69 Å². The Bertz CT molecular complexity index is 569. The molecule has 0 unspecified atom stereocenters. The van der Waals surface area contributed by atoms with Gasteiger partial charge in [0.25, 0.3) is 0 Å². The highest BCUT2D eigenvalue weighted by Crippen LogP contribution is 2.47. The van der Waals surface area contributed by atoms with Crippen molar-refractivity contribution < 1.29 is 23.1 Å². The predicted molar refractivity (Wildman–Crippen MR) is 71.5 cm³/mol. The number of aromatic carboxylic acids is 1. The average Bonchev–Trinajstić information content (AvgIpc) is 2.84. The lowest BCUT2D eigenvalue weighted by molar-refractivity contribution is -0.137. The molecule has 21 heavy (non-hydrogen) atoms. The van der Waals surface area contributed by atoms with E-state index in [1.807, 2.05) is 4.90 Å². The van der Waals surface area contributed by atoms with E-state index in [1.54, 1.807) is 0 Å². The fourth-order valence-corrected chi connectivity index (χ4v) is 3.53. The molecule has 3 rings (SSSR count). The highest BCUT2D eigenvalue weighted by Gasteiger charge is 2.45. The Morgan fingerprint density at radius 2 is 1.81 bits per heavy atom. The number of anilines is 1. The first-order chi connectivity index (χ1) is 9.81. The Balaban J connectivity index is 1.87. The molecule has 1 aromatic rings. The summed E-state index contributed by atoms with van der Waals surface area (Å²) in [5, 5.41) is 9.19. The van der Waals surface area contributed by atoms with Gasteiger partial charge in [0, 0.05) is 18.5 Å². The quantitative estimate of drug-likeness (QED) is 0.903. The number of nitrogens with zero attached hydrogens (tertiary/aromatic N) is 1. The van der Waals surface area contributed by atoms with E-state index in [4.69, 9.17) is 0 Å². The first kappa shape index (κ1) is 14.2. The molecule has 1 N–H and O–H groups in total. The summed E-state index contributed by atoms with van der Waals surface area (Å²) in [7, 11) is 0. The lowest BCUT2D eigenvalue weighted by Gasteiger charge is -2.50. The van der Waals surface area contributed by atoms with Crippen molar-refractivity contribution in [3.63, 3.8) is 0 Å². The minimum atomic E-state index is -4.52. The number of halogens is 3. The predicted octanol–water partition coefficient (Wildman–Crippen LogP) is 3.78. The molecule has 1 aliphatic carbocycles. The van der Waals surface area contributed by atoms with Gasteiger partial charge in [-0.1, -0.05) is 12.8 Å². The Hall–Kier alpha value is -1.72. The Morgan fingerprint density at radius 1 is 1.19 bits per heavy atom. The number of hydrogen-bond donors (Lipinski definition) is 1. The van der Waals surface area contributed by atoms with Gasteiger partial charge in [-0.3, -0.25) is 0 Å². The number of carboxylic acids is 1. The van der Waals surface area contributed by atoms with Crippen LogP contribution in [0, 0.1) is 5.41 Å². The second kappa shape index (κ2) is 4.64. The summed E-state index contributed by atoms with van der Waals surface area (Å²) >= 11 is 0. The molecule has 1 heterocycles. The van der Waals surface area contributed by atoms with Gasteiger partial charge in [0.1, 0.15) is 0 Å². The van der Waals surface area contributed by atoms with Crippen LogP contribution in [0.4, 0.5) is 18.9 Å². The third-order valence-electron chi connectivity index (χ3n) is 4.61. The molecule has 2 aliphatic rings. The molecule has 6 heteroatoms. The van der Waals surface area contributed by atoms with Crippen LogP contribution in [0.5, 0.6) is 0 Å². The van der Waals surface area contributed by atoms with Crippen LogP contribution in [0.1, 0.15) is 41.6 Å². The third-order valence-corrected chi connectivity index (χ3v) is 4.61. The molecular formula is C15H16F3NO2. The number of rotatable bonds is 2. The first-order valence-corrected chi connectivity index (χ1v) is 7.00. The number of alkyl halides is 3. The van der Waals surface area contributed by atoms with Crippen molar-refractivity contribution in [2.24, 2.45) is 5.41 Å². The Labute approximate surface area is 120 Å². The second-order valence-electron chi connectivity index (χ2n) is 6.10. The maximum absolute atomic E-state index is 12.7. The Morgan fingerprint density at radius 3 is 2.33 bits per heavy atom. The molecule has 3 nitrogen and oxygen atoms in total. The molecule has 1 aliphatic heterocycles. The van der Waals surface area contributed by atoms with Gasteiger partial charge in [-0.2, -0.15) is 13.2 Å². The number of carboxylic acid groups (broad SMARTS) is 1. The molecular weight excluding hydrogens is 283 g/mol. The minimum absolute atomic E-state index is 0.262. The molecule has 0 bridgehead atoms. The van der Waals surface area contributed by atoms with Gasteiger partial charge in [-0.15, -0.1) is 0 Å². The molecule has 1 saturated carbocycles. The average molecular weight is 299 g/mol. The Kier molecular flexibility index (Phi) is 3.15. The standard InChI is InChI=1S/C15H16F3NO2/c16-15(17,18)10-3-4-12(11(7-10)13(20)21)19-8-14(9-19)5-1-2-6-14/h3-4,7H,1-2,5-6,8-9H2,(H,20,21). The largest absolute Gasteiger partial charge is 0.478 e. The number of hydrogen-bond acceptors (Lipinski definition) is 2. The molecule has 0 atom stereocenters. The van der Waals surface area contributed by atoms with E-state index in [1.165, 1.54) is 18.9 Å². The topological polar surface area (TPSA) is 40.5 Å². The van der Waals surface area contributed by atoms with E-state index in [2.05, 4.69) is 0 Å². The zero-order valence-electron chi connectivity index (χ0n) is 11.4. The van der Waals surface area contributed by atoms with Crippen LogP contribution in [0.25, 0.3) is 0 Å². The van der Waals surface area contributed by atoms with Gasteiger partial charge in [0.05, 0.1) is 16.8 Å². The molecule has 114 valence electrons. The summed E-state index contributed by atoms with van der Waals surface area (Å²) in [4.78, 5) is 13.1.